The van der Waals surface area contributed by atoms with E-state index in [1.54, 1.807) is 58.0 Å². The second-order valence-corrected chi connectivity index (χ2v) is 15.4. The third-order valence-electron chi connectivity index (χ3n) is 12.1. The Morgan fingerprint density at radius 3 is 2.02 bits per heavy atom. The van der Waals surface area contributed by atoms with Gasteiger partial charge in [-0.05, 0) is 44.7 Å². The summed E-state index contributed by atoms with van der Waals surface area (Å²) >= 11 is 0. The average Bonchev–Trinajstić information content (AvgIpc) is 3.48. The summed E-state index contributed by atoms with van der Waals surface area (Å²) < 4.78 is 43.5. The SMILES string of the molecule is CCC(=O)O[C@H]1[C@H]2[C@H](OC(C)=O)[C@]34CO[C@](C)([C@@H](OC(C)=O)[C@]2(OC(C)=O)C[C@H]1C)[C@H]3[C@H]1[C@H](C[C@@]1(C)OC(C)=O)[C@H](OC(=O)c1ccccc1)C4=O. The number of hydrogen-bond acceptors (Lipinski definition) is 14. The van der Waals surface area contributed by atoms with Crippen molar-refractivity contribution in [1.82, 2.24) is 0 Å². The Morgan fingerprint density at radius 2 is 1.44 bits per heavy atom. The molecule has 1 aromatic rings. The molecule has 14 nitrogen and oxygen atoms in total. The fourth-order valence-electron chi connectivity index (χ4n) is 10.7. The quantitative estimate of drug-likeness (QED) is 0.281. The number of esters is 6. The van der Waals surface area contributed by atoms with Crippen LogP contribution in [0.1, 0.15) is 85.0 Å². The van der Waals surface area contributed by atoms with Crippen molar-refractivity contribution < 1.29 is 66.7 Å². The highest BCUT2D eigenvalue weighted by Crippen LogP contribution is 2.73. The fourth-order valence-corrected chi connectivity index (χ4v) is 10.7. The maximum atomic E-state index is 15.5. The van der Waals surface area contributed by atoms with Crippen LogP contribution in [0.4, 0.5) is 0 Å². The lowest BCUT2D eigenvalue weighted by atomic mass is 9.42. The van der Waals surface area contributed by atoms with E-state index in [1.165, 1.54) is 20.8 Å². The first-order valence-electron chi connectivity index (χ1n) is 17.7. The van der Waals surface area contributed by atoms with Crippen LogP contribution in [0.5, 0.6) is 0 Å². The normalized spacial score (nSPS) is 41.1. The first-order chi connectivity index (χ1) is 24.4. The molecular weight excluding hydrogens is 680 g/mol. The van der Waals surface area contributed by atoms with Crippen LogP contribution in [-0.4, -0.2) is 89.4 Å². The predicted octanol–water partition coefficient (Wildman–Crippen LogP) is 3.30. The van der Waals surface area contributed by atoms with Crippen molar-refractivity contribution in [2.24, 2.45) is 35.0 Å². The van der Waals surface area contributed by atoms with Gasteiger partial charge in [-0.15, -0.1) is 0 Å². The van der Waals surface area contributed by atoms with Crippen molar-refractivity contribution in [2.75, 3.05) is 6.61 Å². The van der Waals surface area contributed by atoms with E-state index in [-0.39, 0.29) is 24.8 Å². The van der Waals surface area contributed by atoms with Gasteiger partial charge in [-0.3, -0.25) is 28.8 Å². The molecule has 1 heterocycles. The van der Waals surface area contributed by atoms with Crippen molar-refractivity contribution in [3.8, 4) is 0 Å². The number of carbonyl (C=O) groups is 7. The molecule has 0 amide bonds. The third kappa shape index (κ3) is 5.50. The van der Waals surface area contributed by atoms with Crippen LogP contribution in [0.15, 0.2) is 30.3 Å². The largest absolute Gasteiger partial charge is 0.461 e. The van der Waals surface area contributed by atoms with Gasteiger partial charge in [-0.1, -0.05) is 32.0 Å². The smallest absolute Gasteiger partial charge is 0.338 e. The van der Waals surface area contributed by atoms with E-state index in [0.717, 1.165) is 6.92 Å². The Hall–Kier alpha value is -4.33. The van der Waals surface area contributed by atoms with E-state index in [2.05, 4.69) is 0 Å². The lowest BCUT2D eigenvalue weighted by Gasteiger charge is -2.64. The summed E-state index contributed by atoms with van der Waals surface area (Å²) in [5.41, 5.74) is -6.46. The molecule has 52 heavy (non-hydrogen) atoms. The number of hydrogen-bond donors (Lipinski definition) is 0. The molecule has 0 unspecified atom stereocenters. The fraction of sp³-hybridized carbons (Fsp3) is 0.658. The monoisotopic (exact) mass is 726 g/mol. The Balaban J connectivity index is 1.66. The molecule has 6 rings (SSSR count). The highest BCUT2D eigenvalue weighted by molar-refractivity contribution is 5.97. The minimum atomic E-state index is -1.88. The van der Waals surface area contributed by atoms with Gasteiger partial charge in [0.05, 0.1) is 23.5 Å². The molecule has 13 atom stereocenters. The molecule has 5 fully saturated rings. The molecule has 1 saturated heterocycles. The van der Waals surface area contributed by atoms with Crippen LogP contribution in [0.25, 0.3) is 0 Å². The Bertz CT molecular complexity index is 1690. The van der Waals surface area contributed by atoms with E-state index >= 15 is 4.79 Å². The van der Waals surface area contributed by atoms with Crippen molar-refractivity contribution in [1.29, 1.82) is 0 Å². The number of ether oxygens (including phenoxy) is 7. The average molecular weight is 727 g/mol. The lowest BCUT2D eigenvalue weighted by Crippen LogP contribution is -2.75. The number of carbonyl (C=O) groups excluding carboxylic acids is 7. The molecule has 4 aliphatic carbocycles. The molecule has 2 bridgehead atoms. The van der Waals surface area contributed by atoms with Gasteiger partial charge in [0.2, 0.25) is 0 Å². The van der Waals surface area contributed by atoms with Crippen LogP contribution in [0, 0.1) is 35.0 Å². The summed E-state index contributed by atoms with van der Waals surface area (Å²) in [5, 5.41) is 0. The Labute approximate surface area is 301 Å². The molecule has 0 N–H and O–H groups in total. The molecule has 0 radical (unpaired) electrons. The van der Waals surface area contributed by atoms with Crippen LogP contribution in [-0.2, 0) is 61.9 Å². The summed E-state index contributed by atoms with van der Waals surface area (Å²) in [6.07, 6.45) is -5.43. The van der Waals surface area contributed by atoms with E-state index in [9.17, 15) is 28.8 Å². The summed E-state index contributed by atoms with van der Waals surface area (Å²) in [6.45, 7) is 11.1. The maximum absolute atomic E-state index is 15.5. The first-order valence-corrected chi connectivity index (χ1v) is 17.7. The van der Waals surface area contributed by atoms with Crippen molar-refractivity contribution in [3.63, 3.8) is 0 Å². The van der Waals surface area contributed by atoms with E-state index in [1.807, 2.05) is 0 Å². The van der Waals surface area contributed by atoms with Gasteiger partial charge in [-0.25, -0.2) is 4.79 Å². The van der Waals surface area contributed by atoms with Gasteiger partial charge in [0.25, 0.3) is 0 Å². The van der Waals surface area contributed by atoms with Gasteiger partial charge < -0.3 is 33.2 Å². The summed E-state index contributed by atoms with van der Waals surface area (Å²) in [7, 11) is 0. The standard InChI is InChI=1S/C38H46O14/c1-9-25(43)49-28-18(2)15-38(52-22(6)42)27(28)32(47-19(3)39)37-17-46-36(8,34(38)48-20(4)40)30(37)26-24(16-35(26,7)51-21(5)41)29(31(37)44)50-33(45)23-13-11-10-12-14-23/h10-14,18,24,26-30,32,34H,9,15-17H2,1-8H3/t18-,24+,26-,27+,28-,29+,30-,32+,34-,35-,36+,37-,38+/m1/s1. The Morgan fingerprint density at radius 1 is 0.808 bits per heavy atom. The minimum Gasteiger partial charge on any atom is -0.461 e. The number of ketones is 1. The molecule has 5 aliphatic rings. The zero-order valence-corrected chi connectivity index (χ0v) is 30.6. The highest BCUT2D eigenvalue weighted by atomic mass is 16.6. The molecule has 4 saturated carbocycles. The van der Waals surface area contributed by atoms with Gasteiger partial charge >= 0.3 is 35.8 Å². The summed E-state index contributed by atoms with van der Waals surface area (Å²) in [4.78, 5) is 94.4. The molecule has 14 heteroatoms. The van der Waals surface area contributed by atoms with Crippen LogP contribution in [0.3, 0.4) is 0 Å². The van der Waals surface area contributed by atoms with Gasteiger partial charge in [0, 0.05) is 51.9 Å². The van der Waals surface area contributed by atoms with Crippen molar-refractivity contribution in [2.45, 2.75) is 116 Å². The predicted molar refractivity (Wildman–Crippen MR) is 176 cm³/mol. The zero-order chi connectivity index (χ0) is 38.1. The topological polar surface area (TPSA) is 184 Å². The lowest BCUT2D eigenvalue weighted by molar-refractivity contribution is -0.258. The number of rotatable bonds is 8. The highest BCUT2D eigenvalue weighted by Gasteiger charge is 2.86. The van der Waals surface area contributed by atoms with Crippen molar-refractivity contribution >= 4 is 41.6 Å². The number of benzene rings is 1. The van der Waals surface area contributed by atoms with Crippen molar-refractivity contribution in [3.05, 3.63) is 35.9 Å². The molecule has 1 aliphatic heterocycles. The van der Waals surface area contributed by atoms with E-state index in [4.69, 9.17) is 33.2 Å². The van der Waals surface area contributed by atoms with E-state index < -0.39 is 124 Å². The zero-order valence-electron chi connectivity index (χ0n) is 30.6. The summed E-state index contributed by atoms with van der Waals surface area (Å²) in [5.74, 6) is -9.31. The van der Waals surface area contributed by atoms with Gasteiger partial charge in [0.15, 0.2) is 23.6 Å². The van der Waals surface area contributed by atoms with Crippen LogP contribution < -0.4 is 0 Å². The first kappa shape index (κ1) is 37.4. The van der Waals surface area contributed by atoms with Crippen LogP contribution >= 0.6 is 0 Å². The second-order valence-electron chi connectivity index (χ2n) is 15.4. The molecule has 0 spiro atoms. The summed E-state index contributed by atoms with van der Waals surface area (Å²) in [6, 6.07) is 8.12. The second kappa shape index (κ2) is 13.0. The Kier molecular flexibility index (Phi) is 9.33. The number of Topliss-reactive ketones (excluding diaryl/α,β-unsaturated/α-hetero) is 1. The van der Waals surface area contributed by atoms with E-state index in [0.29, 0.717) is 0 Å². The number of fused-ring (bicyclic) bond motifs is 2. The van der Waals surface area contributed by atoms with Gasteiger partial charge in [-0.2, -0.15) is 0 Å². The molecule has 0 aromatic heterocycles. The molecule has 282 valence electrons. The molecule has 1 aromatic carbocycles. The molecular formula is C38H46O14. The third-order valence-corrected chi connectivity index (χ3v) is 12.1. The van der Waals surface area contributed by atoms with Crippen LogP contribution in [0.2, 0.25) is 0 Å². The maximum Gasteiger partial charge on any atom is 0.338 e. The minimum absolute atomic E-state index is 0.0162. The van der Waals surface area contributed by atoms with Gasteiger partial charge in [0.1, 0.15) is 23.4 Å².